The van der Waals surface area contributed by atoms with Crippen LogP contribution in [0.5, 0.6) is 11.5 Å². The highest BCUT2D eigenvalue weighted by molar-refractivity contribution is 5.90. The topological polar surface area (TPSA) is 108 Å². The van der Waals surface area contributed by atoms with Crippen molar-refractivity contribution in [2.24, 2.45) is 0 Å². The molecule has 0 spiro atoms. The van der Waals surface area contributed by atoms with E-state index < -0.39 is 11.1 Å². The van der Waals surface area contributed by atoms with E-state index in [2.05, 4.69) is 9.57 Å². The maximum absolute atomic E-state index is 11.2. The fraction of sp³-hybridized carbons (Fsp3) is 0.364. The lowest BCUT2D eigenvalue weighted by molar-refractivity contribution is -0.757. The first-order chi connectivity index (χ1) is 9.04. The molecule has 0 amide bonds. The number of benzene rings is 1. The highest BCUT2D eigenvalue weighted by atomic mass is 16.9. The summed E-state index contributed by atoms with van der Waals surface area (Å²) in [7, 11) is 1.24. The van der Waals surface area contributed by atoms with Gasteiger partial charge in [-0.1, -0.05) is 0 Å². The lowest BCUT2D eigenvalue weighted by atomic mass is 10.2. The Morgan fingerprint density at radius 3 is 2.74 bits per heavy atom. The molecule has 0 aliphatic rings. The standard InChI is InChI=1S/C11H13NO7/c1-17-11(14)8-3-4-10(9(13)7-8)18-5-2-6-19-12(15)16/h3-4,7,13H,2,5-6H2,1H3. The molecule has 1 aromatic rings. The minimum absolute atomic E-state index is 0.0893. The summed E-state index contributed by atoms with van der Waals surface area (Å²) < 4.78 is 9.68. The van der Waals surface area contributed by atoms with E-state index in [9.17, 15) is 20.0 Å². The van der Waals surface area contributed by atoms with Crippen molar-refractivity contribution in [3.63, 3.8) is 0 Å². The largest absolute Gasteiger partial charge is 0.504 e. The number of methoxy groups -OCH3 is 1. The second-order valence-corrected chi connectivity index (χ2v) is 3.43. The van der Waals surface area contributed by atoms with E-state index >= 15 is 0 Å². The predicted molar refractivity (Wildman–Crippen MR) is 62.5 cm³/mol. The summed E-state index contributed by atoms with van der Waals surface area (Å²) in [6, 6.07) is 4.07. The fourth-order valence-corrected chi connectivity index (χ4v) is 1.26. The normalized spacial score (nSPS) is 9.74. The van der Waals surface area contributed by atoms with Crippen LogP contribution in [0, 0.1) is 10.1 Å². The second kappa shape index (κ2) is 7.04. The smallest absolute Gasteiger partial charge is 0.337 e. The summed E-state index contributed by atoms with van der Waals surface area (Å²) in [5, 5.41) is 18.6. The molecule has 0 saturated heterocycles. The molecule has 0 saturated carbocycles. The molecule has 0 atom stereocenters. The maximum Gasteiger partial charge on any atom is 0.337 e. The van der Waals surface area contributed by atoms with Gasteiger partial charge in [0.15, 0.2) is 11.5 Å². The summed E-state index contributed by atoms with van der Waals surface area (Å²) in [6.45, 7) is 0.0486. The number of aromatic hydroxyl groups is 1. The summed E-state index contributed by atoms with van der Waals surface area (Å²) in [6.07, 6.45) is 0.291. The molecule has 1 aromatic carbocycles. The van der Waals surface area contributed by atoms with Crippen molar-refractivity contribution in [1.29, 1.82) is 0 Å². The van der Waals surface area contributed by atoms with Gasteiger partial charge in [-0.2, -0.15) is 0 Å². The van der Waals surface area contributed by atoms with Crippen LogP contribution in [0.4, 0.5) is 0 Å². The molecule has 0 radical (unpaired) electrons. The van der Waals surface area contributed by atoms with Crippen LogP contribution in [0.15, 0.2) is 18.2 Å². The Morgan fingerprint density at radius 1 is 1.42 bits per heavy atom. The summed E-state index contributed by atoms with van der Waals surface area (Å²) in [5.41, 5.74) is 0.198. The van der Waals surface area contributed by atoms with Crippen molar-refractivity contribution in [1.82, 2.24) is 0 Å². The molecule has 0 fully saturated rings. The average molecular weight is 271 g/mol. The van der Waals surface area contributed by atoms with E-state index in [0.717, 1.165) is 0 Å². The third-order valence-electron chi connectivity index (χ3n) is 2.12. The van der Waals surface area contributed by atoms with Gasteiger partial charge >= 0.3 is 5.97 Å². The molecule has 0 unspecified atom stereocenters. The predicted octanol–water partition coefficient (Wildman–Crippen LogP) is 1.16. The van der Waals surface area contributed by atoms with E-state index in [4.69, 9.17) is 4.74 Å². The zero-order valence-electron chi connectivity index (χ0n) is 10.2. The third-order valence-corrected chi connectivity index (χ3v) is 2.12. The molecule has 0 aliphatic carbocycles. The van der Waals surface area contributed by atoms with E-state index in [1.54, 1.807) is 0 Å². The molecule has 0 aliphatic heterocycles. The highest BCUT2D eigenvalue weighted by Gasteiger charge is 2.09. The number of nitrogens with zero attached hydrogens (tertiary/aromatic N) is 1. The van der Waals surface area contributed by atoms with Crippen LogP contribution < -0.4 is 4.74 Å². The Kier molecular flexibility index (Phi) is 5.39. The van der Waals surface area contributed by atoms with Crippen molar-refractivity contribution in [2.45, 2.75) is 6.42 Å². The van der Waals surface area contributed by atoms with Gasteiger partial charge in [-0.05, 0) is 18.2 Å². The Balaban J connectivity index is 2.46. The summed E-state index contributed by atoms with van der Waals surface area (Å²) >= 11 is 0. The molecule has 0 heterocycles. The molecular weight excluding hydrogens is 258 g/mol. The van der Waals surface area contributed by atoms with Crippen molar-refractivity contribution in [3.05, 3.63) is 33.9 Å². The molecule has 1 N–H and O–H groups in total. The molecule has 19 heavy (non-hydrogen) atoms. The first kappa shape index (κ1) is 14.6. The number of esters is 1. The van der Waals surface area contributed by atoms with E-state index in [1.807, 2.05) is 0 Å². The van der Waals surface area contributed by atoms with E-state index in [-0.39, 0.29) is 30.3 Å². The van der Waals surface area contributed by atoms with Gasteiger partial charge in [-0.3, -0.25) is 0 Å². The van der Waals surface area contributed by atoms with Gasteiger partial charge in [0, 0.05) is 6.42 Å². The van der Waals surface area contributed by atoms with Gasteiger partial charge in [-0.15, -0.1) is 10.1 Å². The molecule has 8 nitrogen and oxygen atoms in total. The Hall–Kier alpha value is -2.51. The number of carbonyl (C=O) groups is 1. The number of carbonyl (C=O) groups excluding carboxylic acids is 1. The zero-order chi connectivity index (χ0) is 14.3. The van der Waals surface area contributed by atoms with Crippen molar-refractivity contribution >= 4 is 5.97 Å². The monoisotopic (exact) mass is 271 g/mol. The SMILES string of the molecule is COC(=O)c1ccc(OCCCO[N+](=O)[O-])c(O)c1. The van der Waals surface area contributed by atoms with Crippen LogP contribution in [-0.2, 0) is 9.57 Å². The first-order valence-corrected chi connectivity index (χ1v) is 5.36. The van der Waals surface area contributed by atoms with Gasteiger partial charge in [0.05, 0.1) is 25.9 Å². The van der Waals surface area contributed by atoms with Crippen LogP contribution in [-0.4, -0.2) is 36.5 Å². The van der Waals surface area contributed by atoms with E-state index in [0.29, 0.717) is 6.42 Å². The number of phenols is 1. The van der Waals surface area contributed by atoms with Gasteiger partial charge < -0.3 is 19.4 Å². The third kappa shape index (κ3) is 4.70. The number of ether oxygens (including phenoxy) is 2. The average Bonchev–Trinajstić information content (AvgIpc) is 2.38. The lowest BCUT2D eigenvalue weighted by Crippen LogP contribution is -2.07. The van der Waals surface area contributed by atoms with Gasteiger partial charge in [0.2, 0.25) is 0 Å². The molecule has 8 heteroatoms. The second-order valence-electron chi connectivity index (χ2n) is 3.43. The molecule has 104 valence electrons. The number of rotatable bonds is 7. The van der Waals surface area contributed by atoms with Crippen LogP contribution >= 0.6 is 0 Å². The van der Waals surface area contributed by atoms with Gasteiger partial charge in [0.1, 0.15) is 0 Å². The van der Waals surface area contributed by atoms with Crippen molar-refractivity contribution in [2.75, 3.05) is 20.3 Å². The first-order valence-electron chi connectivity index (χ1n) is 5.36. The Bertz CT molecular complexity index is 460. The maximum atomic E-state index is 11.2. The Labute approximate surface area is 108 Å². The molecular formula is C11H13NO7. The molecule has 0 aromatic heterocycles. The van der Waals surface area contributed by atoms with Crippen molar-refractivity contribution in [3.8, 4) is 11.5 Å². The molecule has 1 rings (SSSR count). The lowest BCUT2D eigenvalue weighted by Gasteiger charge is -2.08. The van der Waals surface area contributed by atoms with Crippen molar-refractivity contribution < 1.29 is 29.3 Å². The number of hydrogen-bond acceptors (Lipinski definition) is 7. The minimum atomic E-state index is -0.886. The molecule has 0 bridgehead atoms. The van der Waals surface area contributed by atoms with Crippen LogP contribution in [0.2, 0.25) is 0 Å². The summed E-state index contributed by atoms with van der Waals surface area (Å²) in [4.78, 5) is 25.2. The summed E-state index contributed by atoms with van der Waals surface area (Å²) in [5.74, 6) is -0.604. The highest BCUT2D eigenvalue weighted by Crippen LogP contribution is 2.27. The van der Waals surface area contributed by atoms with Gasteiger partial charge in [0.25, 0.3) is 5.09 Å². The minimum Gasteiger partial charge on any atom is -0.504 e. The quantitative estimate of drug-likeness (QED) is 0.343. The van der Waals surface area contributed by atoms with Gasteiger partial charge in [-0.25, -0.2) is 4.79 Å². The van der Waals surface area contributed by atoms with E-state index in [1.165, 1.54) is 25.3 Å². The Morgan fingerprint density at radius 2 is 2.16 bits per heavy atom. The van der Waals surface area contributed by atoms with Crippen LogP contribution in [0.3, 0.4) is 0 Å². The van der Waals surface area contributed by atoms with Crippen LogP contribution in [0.1, 0.15) is 16.8 Å². The van der Waals surface area contributed by atoms with Crippen LogP contribution in [0.25, 0.3) is 0 Å². The number of hydrogen-bond donors (Lipinski definition) is 1. The fourth-order valence-electron chi connectivity index (χ4n) is 1.26. The zero-order valence-corrected chi connectivity index (χ0v) is 10.2. The number of phenolic OH excluding ortho intramolecular Hbond substituents is 1.